The van der Waals surface area contributed by atoms with Crippen molar-refractivity contribution in [3.8, 4) is 11.1 Å². The van der Waals surface area contributed by atoms with Crippen LogP contribution in [0.3, 0.4) is 0 Å². The van der Waals surface area contributed by atoms with Gasteiger partial charge in [-0.05, 0) is 42.7 Å². The maximum atomic E-state index is 14.2. The number of carboxylic acid groups (broad SMARTS) is 1. The molecular weight excluding hydrogens is 297 g/mol. The molecule has 1 heterocycles. The van der Waals surface area contributed by atoms with Gasteiger partial charge in [0.1, 0.15) is 5.82 Å². The number of rotatable bonds is 3. The highest BCUT2D eigenvalue weighted by Gasteiger charge is 2.20. The third-order valence-electron chi connectivity index (χ3n) is 4.03. The highest BCUT2D eigenvalue weighted by atomic mass is 19.1. The van der Waals surface area contributed by atoms with Gasteiger partial charge in [0.15, 0.2) is 0 Å². The number of amides is 1. The van der Waals surface area contributed by atoms with Crippen LogP contribution in [0, 0.1) is 5.82 Å². The number of hydrogen-bond donors (Lipinski definition) is 1. The molecule has 23 heavy (non-hydrogen) atoms. The van der Waals surface area contributed by atoms with Gasteiger partial charge < -0.3 is 10.0 Å². The zero-order valence-corrected chi connectivity index (χ0v) is 12.5. The summed E-state index contributed by atoms with van der Waals surface area (Å²) in [6.45, 7) is 1.51. The molecule has 0 aliphatic carbocycles. The Balaban J connectivity index is 1.93. The summed E-state index contributed by atoms with van der Waals surface area (Å²) in [6, 6.07) is 10.6. The first-order chi connectivity index (χ1) is 11.1. The molecule has 1 saturated heterocycles. The predicted molar refractivity (Wildman–Crippen MR) is 83.9 cm³/mol. The van der Waals surface area contributed by atoms with Gasteiger partial charge in [-0.1, -0.05) is 18.2 Å². The summed E-state index contributed by atoms with van der Waals surface area (Å²) in [5, 5.41) is 8.89. The largest absolute Gasteiger partial charge is 0.478 e. The van der Waals surface area contributed by atoms with Crippen LogP contribution in [0.2, 0.25) is 0 Å². The first kappa shape index (κ1) is 15.2. The Morgan fingerprint density at radius 3 is 2.39 bits per heavy atom. The molecule has 0 aromatic heterocycles. The van der Waals surface area contributed by atoms with E-state index < -0.39 is 11.8 Å². The Morgan fingerprint density at radius 2 is 1.74 bits per heavy atom. The molecule has 2 aromatic rings. The van der Waals surface area contributed by atoms with Crippen LogP contribution in [0.25, 0.3) is 11.1 Å². The van der Waals surface area contributed by atoms with Crippen LogP contribution in [-0.2, 0) is 0 Å². The van der Waals surface area contributed by atoms with Crippen LogP contribution in [-0.4, -0.2) is 35.0 Å². The maximum absolute atomic E-state index is 14.2. The van der Waals surface area contributed by atoms with E-state index in [0.717, 1.165) is 32.0 Å². The van der Waals surface area contributed by atoms with Gasteiger partial charge in [0, 0.05) is 24.2 Å². The number of aromatic carboxylic acids is 1. The van der Waals surface area contributed by atoms with Crippen LogP contribution in [0.5, 0.6) is 0 Å². The van der Waals surface area contributed by atoms with Gasteiger partial charge in [-0.15, -0.1) is 0 Å². The van der Waals surface area contributed by atoms with E-state index in [-0.39, 0.29) is 17.0 Å². The summed E-state index contributed by atoms with van der Waals surface area (Å²) >= 11 is 0. The maximum Gasteiger partial charge on any atom is 0.335 e. The number of hydrogen-bond acceptors (Lipinski definition) is 2. The summed E-state index contributed by atoms with van der Waals surface area (Å²) in [5.41, 5.74) is 1.26. The fraction of sp³-hybridized carbons (Fsp3) is 0.222. The summed E-state index contributed by atoms with van der Waals surface area (Å²) in [4.78, 5) is 25.1. The number of carboxylic acids is 1. The fourth-order valence-electron chi connectivity index (χ4n) is 2.80. The molecule has 2 aromatic carbocycles. The van der Waals surface area contributed by atoms with Crippen molar-refractivity contribution in [2.45, 2.75) is 12.8 Å². The molecule has 4 nitrogen and oxygen atoms in total. The lowest BCUT2D eigenvalue weighted by Gasteiger charge is -2.15. The lowest BCUT2D eigenvalue weighted by atomic mass is 10.0. The Morgan fingerprint density at radius 1 is 1.00 bits per heavy atom. The summed E-state index contributed by atoms with van der Waals surface area (Å²) < 4.78 is 14.2. The number of nitrogens with zero attached hydrogens (tertiary/aromatic N) is 1. The third kappa shape index (κ3) is 3.08. The van der Waals surface area contributed by atoms with Gasteiger partial charge in [0.2, 0.25) is 0 Å². The molecule has 118 valence electrons. The zero-order chi connectivity index (χ0) is 16.4. The van der Waals surface area contributed by atoms with Gasteiger partial charge in [0.25, 0.3) is 5.91 Å². The SMILES string of the molecule is O=C(O)c1ccc(-c2cccc(C(=O)N3CCCC3)c2)c(F)c1. The number of benzene rings is 2. The molecule has 1 N–H and O–H groups in total. The Kier molecular flexibility index (Phi) is 4.10. The highest BCUT2D eigenvalue weighted by molar-refractivity contribution is 5.95. The van der Waals surface area contributed by atoms with E-state index in [4.69, 9.17) is 5.11 Å². The topological polar surface area (TPSA) is 57.6 Å². The molecule has 1 aliphatic rings. The second-order valence-corrected chi connectivity index (χ2v) is 5.58. The fourth-order valence-corrected chi connectivity index (χ4v) is 2.80. The molecule has 1 aliphatic heterocycles. The number of likely N-dealkylation sites (tertiary alicyclic amines) is 1. The predicted octanol–water partition coefficient (Wildman–Crippen LogP) is 3.43. The molecule has 0 radical (unpaired) electrons. The molecule has 0 bridgehead atoms. The van der Waals surface area contributed by atoms with E-state index in [1.807, 2.05) is 0 Å². The van der Waals surface area contributed by atoms with Crippen molar-refractivity contribution >= 4 is 11.9 Å². The first-order valence-electron chi connectivity index (χ1n) is 7.49. The summed E-state index contributed by atoms with van der Waals surface area (Å²) in [7, 11) is 0. The van der Waals surface area contributed by atoms with Gasteiger partial charge in [-0.3, -0.25) is 4.79 Å². The average molecular weight is 313 g/mol. The minimum atomic E-state index is -1.17. The standard InChI is InChI=1S/C18H16FNO3/c19-16-11-14(18(22)23)6-7-15(16)12-4-3-5-13(10-12)17(21)20-8-1-2-9-20/h3-7,10-11H,1-2,8-9H2,(H,22,23). The highest BCUT2D eigenvalue weighted by Crippen LogP contribution is 2.25. The van der Waals surface area contributed by atoms with E-state index in [1.54, 1.807) is 29.2 Å². The molecule has 1 amide bonds. The summed E-state index contributed by atoms with van der Waals surface area (Å²) in [5.74, 6) is -1.84. The van der Waals surface area contributed by atoms with Crippen molar-refractivity contribution in [1.29, 1.82) is 0 Å². The van der Waals surface area contributed by atoms with E-state index in [9.17, 15) is 14.0 Å². The van der Waals surface area contributed by atoms with Crippen molar-refractivity contribution in [3.63, 3.8) is 0 Å². The van der Waals surface area contributed by atoms with E-state index in [0.29, 0.717) is 11.1 Å². The lowest BCUT2D eigenvalue weighted by Crippen LogP contribution is -2.27. The van der Waals surface area contributed by atoms with Gasteiger partial charge in [-0.25, -0.2) is 9.18 Å². The molecule has 0 spiro atoms. The van der Waals surface area contributed by atoms with Crippen molar-refractivity contribution in [2.24, 2.45) is 0 Å². The van der Waals surface area contributed by atoms with Crippen molar-refractivity contribution < 1.29 is 19.1 Å². The van der Waals surface area contributed by atoms with Crippen LogP contribution in [0.4, 0.5) is 4.39 Å². The minimum Gasteiger partial charge on any atom is -0.478 e. The van der Waals surface area contributed by atoms with Gasteiger partial charge >= 0.3 is 5.97 Å². The first-order valence-corrected chi connectivity index (χ1v) is 7.49. The second-order valence-electron chi connectivity index (χ2n) is 5.58. The monoisotopic (exact) mass is 313 g/mol. The van der Waals surface area contributed by atoms with Crippen molar-refractivity contribution in [3.05, 3.63) is 59.4 Å². The number of carbonyl (C=O) groups excluding carboxylic acids is 1. The Labute approximate surface area is 133 Å². The van der Waals surface area contributed by atoms with E-state index in [2.05, 4.69) is 0 Å². The molecular formula is C18H16FNO3. The van der Waals surface area contributed by atoms with Gasteiger partial charge in [-0.2, -0.15) is 0 Å². The smallest absolute Gasteiger partial charge is 0.335 e. The Hall–Kier alpha value is -2.69. The molecule has 0 saturated carbocycles. The Bertz CT molecular complexity index is 767. The zero-order valence-electron chi connectivity index (χ0n) is 12.5. The molecule has 5 heteroatoms. The number of halogens is 1. The molecule has 3 rings (SSSR count). The van der Waals surface area contributed by atoms with Crippen LogP contribution < -0.4 is 0 Å². The van der Waals surface area contributed by atoms with Crippen LogP contribution in [0.15, 0.2) is 42.5 Å². The average Bonchev–Trinajstić information content (AvgIpc) is 3.08. The second kappa shape index (κ2) is 6.20. The third-order valence-corrected chi connectivity index (χ3v) is 4.03. The molecule has 0 unspecified atom stereocenters. The molecule has 1 fully saturated rings. The minimum absolute atomic E-state index is 0.0492. The van der Waals surface area contributed by atoms with Crippen molar-refractivity contribution in [2.75, 3.05) is 13.1 Å². The van der Waals surface area contributed by atoms with Crippen LogP contribution >= 0.6 is 0 Å². The quantitative estimate of drug-likeness (QED) is 0.944. The van der Waals surface area contributed by atoms with Gasteiger partial charge in [0.05, 0.1) is 5.56 Å². The van der Waals surface area contributed by atoms with Crippen molar-refractivity contribution in [1.82, 2.24) is 4.90 Å². The van der Waals surface area contributed by atoms with E-state index in [1.165, 1.54) is 12.1 Å². The lowest BCUT2D eigenvalue weighted by molar-refractivity contribution is 0.0695. The van der Waals surface area contributed by atoms with Crippen LogP contribution in [0.1, 0.15) is 33.6 Å². The molecule has 0 atom stereocenters. The number of carbonyl (C=O) groups is 2. The summed E-state index contributed by atoms with van der Waals surface area (Å²) in [6.07, 6.45) is 2.02. The van der Waals surface area contributed by atoms with E-state index >= 15 is 0 Å². The normalized spacial score (nSPS) is 14.0.